The van der Waals surface area contributed by atoms with Gasteiger partial charge in [-0.05, 0) is 12.8 Å². The Hall–Kier alpha value is -1.15. The first-order valence-corrected chi connectivity index (χ1v) is 5.72. The van der Waals surface area contributed by atoms with Crippen molar-refractivity contribution in [3.05, 3.63) is 11.7 Å². The third kappa shape index (κ3) is 3.42. The summed E-state index contributed by atoms with van der Waals surface area (Å²) >= 11 is 0. The minimum atomic E-state index is -4.21. The molecule has 102 valence electrons. The molecule has 0 bridgehead atoms. The first-order chi connectivity index (χ1) is 8.48. The molecule has 1 fully saturated rings. The van der Waals surface area contributed by atoms with Crippen molar-refractivity contribution in [2.24, 2.45) is 5.73 Å². The highest BCUT2D eigenvalue weighted by Gasteiger charge is 2.31. The topological polar surface area (TPSA) is 74.2 Å². The molecule has 0 saturated carbocycles. The van der Waals surface area contributed by atoms with Gasteiger partial charge in [-0.25, -0.2) is 0 Å². The standard InChI is InChI=1S/C10H14F3N3O2/c11-10(12,13)4-3-8-15-9(18-16-8)7-2-1-6(5-14)17-7/h6-7H,1-5,14H2. The SMILES string of the molecule is NCC1CCC(c2nc(CCC(F)(F)F)no2)O1. The van der Waals surface area contributed by atoms with Crippen LogP contribution in [0.2, 0.25) is 0 Å². The van der Waals surface area contributed by atoms with Gasteiger partial charge in [0, 0.05) is 13.0 Å². The van der Waals surface area contributed by atoms with Crippen LogP contribution in [0.15, 0.2) is 4.52 Å². The lowest BCUT2D eigenvalue weighted by Crippen LogP contribution is -2.18. The van der Waals surface area contributed by atoms with E-state index in [0.29, 0.717) is 13.0 Å². The van der Waals surface area contributed by atoms with Crippen molar-refractivity contribution >= 4 is 0 Å². The number of halogens is 3. The molecule has 2 atom stereocenters. The number of rotatable bonds is 4. The van der Waals surface area contributed by atoms with E-state index in [-0.39, 0.29) is 30.3 Å². The van der Waals surface area contributed by atoms with Gasteiger partial charge in [0.2, 0.25) is 0 Å². The van der Waals surface area contributed by atoms with Crippen molar-refractivity contribution in [2.45, 2.75) is 44.1 Å². The van der Waals surface area contributed by atoms with Crippen LogP contribution in [0.1, 0.15) is 37.1 Å². The number of aryl methyl sites for hydroxylation is 1. The van der Waals surface area contributed by atoms with E-state index >= 15 is 0 Å². The molecular weight excluding hydrogens is 251 g/mol. The fourth-order valence-corrected chi connectivity index (χ4v) is 1.81. The second-order valence-electron chi connectivity index (χ2n) is 4.22. The maximum absolute atomic E-state index is 12.0. The highest BCUT2D eigenvalue weighted by molar-refractivity contribution is 4.94. The van der Waals surface area contributed by atoms with Crippen LogP contribution in [0.5, 0.6) is 0 Å². The maximum Gasteiger partial charge on any atom is 0.389 e. The summed E-state index contributed by atoms with van der Waals surface area (Å²) in [7, 11) is 0. The number of aromatic nitrogens is 2. The van der Waals surface area contributed by atoms with Gasteiger partial charge in [0.25, 0.3) is 5.89 Å². The third-order valence-electron chi connectivity index (χ3n) is 2.76. The molecule has 2 heterocycles. The Labute approximate surface area is 101 Å². The summed E-state index contributed by atoms with van der Waals surface area (Å²) in [4.78, 5) is 3.92. The molecule has 18 heavy (non-hydrogen) atoms. The van der Waals surface area contributed by atoms with Crippen molar-refractivity contribution in [2.75, 3.05) is 6.54 Å². The van der Waals surface area contributed by atoms with Crippen LogP contribution in [-0.2, 0) is 11.2 Å². The quantitative estimate of drug-likeness (QED) is 0.897. The summed E-state index contributed by atoms with van der Waals surface area (Å²) in [5.41, 5.74) is 5.46. The molecule has 0 radical (unpaired) electrons. The Morgan fingerprint density at radius 1 is 1.33 bits per heavy atom. The Bertz CT molecular complexity index is 394. The van der Waals surface area contributed by atoms with Gasteiger partial charge in [-0.3, -0.25) is 0 Å². The predicted molar refractivity (Wildman–Crippen MR) is 54.6 cm³/mol. The fourth-order valence-electron chi connectivity index (χ4n) is 1.81. The maximum atomic E-state index is 12.0. The number of nitrogens with two attached hydrogens (primary N) is 1. The number of hydrogen-bond acceptors (Lipinski definition) is 5. The van der Waals surface area contributed by atoms with Crippen molar-refractivity contribution < 1.29 is 22.4 Å². The second kappa shape index (κ2) is 5.23. The summed E-state index contributed by atoms with van der Waals surface area (Å²) in [5.74, 6) is 0.297. The van der Waals surface area contributed by atoms with E-state index in [1.54, 1.807) is 0 Å². The van der Waals surface area contributed by atoms with Gasteiger partial charge in [-0.15, -0.1) is 0 Å². The number of alkyl halides is 3. The van der Waals surface area contributed by atoms with Gasteiger partial charge in [0.05, 0.1) is 12.5 Å². The van der Waals surface area contributed by atoms with Crippen LogP contribution < -0.4 is 5.73 Å². The average Bonchev–Trinajstić information content (AvgIpc) is 2.94. The molecule has 0 spiro atoms. The Balaban J connectivity index is 1.90. The summed E-state index contributed by atoms with van der Waals surface area (Å²) in [5, 5.41) is 3.52. The molecule has 0 aliphatic carbocycles. The smallest absolute Gasteiger partial charge is 0.364 e. The van der Waals surface area contributed by atoms with Crippen LogP contribution >= 0.6 is 0 Å². The van der Waals surface area contributed by atoms with E-state index in [2.05, 4.69) is 10.1 Å². The summed E-state index contributed by atoms with van der Waals surface area (Å²) in [6.45, 7) is 0.408. The second-order valence-corrected chi connectivity index (χ2v) is 4.22. The van der Waals surface area contributed by atoms with Gasteiger partial charge in [0.15, 0.2) is 5.82 Å². The minimum Gasteiger partial charge on any atom is -0.364 e. The lowest BCUT2D eigenvalue weighted by atomic mass is 10.2. The van der Waals surface area contributed by atoms with Crippen molar-refractivity contribution in [3.63, 3.8) is 0 Å². The lowest BCUT2D eigenvalue weighted by Gasteiger charge is -2.07. The Morgan fingerprint density at radius 3 is 2.72 bits per heavy atom. The highest BCUT2D eigenvalue weighted by atomic mass is 19.4. The molecule has 1 aliphatic heterocycles. The summed E-state index contributed by atoms with van der Waals surface area (Å²) in [6, 6.07) is 0. The molecule has 0 aromatic carbocycles. The Kier molecular flexibility index (Phi) is 3.86. The molecule has 8 heteroatoms. The van der Waals surface area contributed by atoms with E-state index < -0.39 is 12.6 Å². The van der Waals surface area contributed by atoms with E-state index in [9.17, 15) is 13.2 Å². The number of nitrogens with zero attached hydrogens (tertiary/aromatic N) is 2. The normalized spacial score (nSPS) is 24.7. The number of ether oxygens (including phenoxy) is 1. The first kappa shape index (κ1) is 13.3. The molecule has 1 aliphatic rings. The number of hydrogen-bond donors (Lipinski definition) is 1. The fraction of sp³-hybridized carbons (Fsp3) is 0.800. The zero-order valence-electron chi connectivity index (χ0n) is 9.61. The van der Waals surface area contributed by atoms with E-state index in [1.807, 2.05) is 0 Å². The molecule has 1 saturated heterocycles. The lowest BCUT2D eigenvalue weighted by molar-refractivity contribution is -0.134. The Morgan fingerprint density at radius 2 is 2.11 bits per heavy atom. The predicted octanol–water partition coefficient (Wildman–Crippen LogP) is 1.74. The minimum absolute atomic E-state index is 0.0412. The average molecular weight is 265 g/mol. The van der Waals surface area contributed by atoms with Crippen LogP contribution in [0.25, 0.3) is 0 Å². The molecule has 5 nitrogen and oxygen atoms in total. The first-order valence-electron chi connectivity index (χ1n) is 5.72. The summed E-state index contributed by atoms with van der Waals surface area (Å²) in [6.07, 6.45) is -4.34. The highest BCUT2D eigenvalue weighted by Crippen LogP contribution is 2.31. The van der Waals surface area contributed by atoms with Gasteiger partial charge in [0.1, 0.15) is 6.10 Å². The molecule has 2 N–H and O–H groups in total. The molecule has 2 rings (SSSR count). The van der Waals surface area contributed by atoms with Crippen molar-refractivity contribution in [1.82, 2.24) is 10.1 Å². The van der Waals surface area contributed by atoms with Crippen LogP contribution in [0, 0.1) is 0 Å². The van der Waals surface area contributed by atoms with Crippen LogP contribution in [-0.4, -0.2) is 29.0 Å². The summed E-state index contributed by atoms with van der Waals surface area (Å²) < 4.78 is 46.5. The van der Waals surface area contributed by atoms with E-state index in [0.717, 1.165) is 6.42 Å². The van der Waals surface area contributed by atoms with Gasteiger partial charge < -0.3 is 15.0 Å². The van der Waals surface area contributed by atoms with Crippen molar-refractivity contribution in [3.8, 4) is 0 Å². The molecule has 0 amide bonds. The zero-order chi connectivity index (χ0) is 13.2. The molecule has 1 aromatic heterocycles. The molecule has 1 aromatic rings. The monoisotopic (exact) mass is 265 g/mol. The van der Waals surface area contributed by atoms with E-state index in [1.165, 1.54) is 0 Å². The van der Waals surface area contributed by atoms with Gasteiger partial charge in [-0.2, -0.15) is 18.2 Å². The van der Waals surface area contributed by atoms with Gasteiger partial charge >= 0.3 is 6.18 Å². The van der Waals surface area contributed by atoms with Crippen molar-refractivity contribution in [1.29, 1.82) is 0 Å². The largest absolute Gasteiger partial charge is 0.389 e. The third-order valence-corrected chi connectivity index (χ3v) is 2.76. The van der Waals surface area contributed by atoms with Crippen LogP contribution in [0.3, 0.4) is 0 Å². The van der Waals surface area contributed by atoms with Crippen LogP contribution in [0.4, 0.5) is 13.2 Å². The van der Waals surface area contributed by atoms with Gasteiger partial charge in [-0.1, -0.05) is 5.16 Å². The molecular formula is C10H14F3N3O2. The molecule has 2 unspecified atom stereocenters. The zero-order valence-corrected chi connectivity index (χ0v) is 9.61. The van der Waals surface area contributed by atoms with E-state index in [4.69, 9.17) is 15.0 Å².